The van der Waals surface area contributed by atoms with Crippen molar-refractivity contribution in [3.05, 3.63) is 48.4 Å². The Balaban J connectivity index is 1.50. The maximum atomic E-state index is 13.0. The Bertz CT molecular complexity index is 1120. The Hall–Kier alpha value is -2.53. The Morgan fingerprint density at radius 2 is 2.00 bits per heavy atom. The molecule has 166 valence electrons. The van der Waals surface area contributed by atoms with Crippen LogP contribution < -0.4 is 4.74 Å². The molecule has 1 saturated heterocycles. The van der Waals surface area contributed by atoms with Gasteiger partial charge in [-0.15, -0.1) is 0 Å². The lowest BCUT2D eigenvalue weighted by Gasteiger charge is -2.31. The third-order valence-electron chi connectivity index (χ3n) is 5.62. The fourth-order valence-corrected chi connectivity index (χ4v) is 5.51. The highest BCUT2D eigenvalue weighted by atomic mass is 32.2. The Morgan fingerprint density at radius 1 is 1.19 bits per heavy atom. The van der Waals surface area contributed by atoms with Gasteiger partial charge in [0.2, 0.25) is 15.9 Å². The van der Waals surface area contributed by atoms with Crippen LogP contribution in [0.15, 0.2) is 47.8 Å². The van der Waals surface area contributed by atoms with Gasteiger partial charge in [-0.05, 0) is 49.4 Å². The zero-order valence-corrected chi connectivity index (χ0v) is 18.2. The van der Waals surface area contributed by atoms with Gasteiger partial charge in [0, 0.05) is 36.9 Å². The lowest BCUT2D eigenvalue weighted by Crippen LogP contribution is -2.37. The first-order chi connectivity index (χ1) is 15.0. The second kappa shape index (κ2) is 9.31. The van der Waals surface area contributed by atoms with E-state index in [1.165, 1.54) is 10.5 Å². The SMILES string of the molecule is CCOc1ccc(S(=O)(=O)N2CCC(c3cn(CCOO)c4ncccc34)CC2)cn1. The first-order valence-corrected chi connectivity index (χ1v) is 11.8. The topological polar surface area (TPSA) is 107 Å². The fourth-order valence-electron chi connectivity index (χ4n) is 4.09. The third-order valence-corrected chi connectivity index (χ3v) is 7.50. The van der Waals surface area contributed by atoms with Crippen molar-refractivity contribution in [2.45, 2.75) is 37.1 Å². The zero-order chi connectivity index (χ0) is 21.8. The second-order valence-corrected chi connectivity index (χ2v) is 9.37. The summed E-state index contributed by atoms with van der Waals surface area (Å²) in [5.41, 5.74) is 1.99. The van der Waals surface area contributed by atoms with Gasteiger partial charge in [-0.25, -0.2) is 23.3 Å². The normalized spacial score (nSPS) is 16.1. The van der Waals surface area contributed by atoms with Crippen molar-refractivity contribution in [1.29, 1.82) is 0 Å². The number of sulfonamides is 1. The highest BCUT2D eigenvalue weighted by Crippen LogP contribution is 2.35. The minimum atomic E-state index is -3.60. The number of fused-ring (bicyclic) bond motifs is 1. The summed E-state index contributed by atoms with van der Waals surface area (Å²) in [5.74, 6) is 0.643. The van der Waals surface area contributed by atoms with Crippen LogP contribution in [0.25, 0.3) is 11.0 Å². The Labute approximate surface area is 181 Å². The highest BCUT2D eigenvalue weighted by Gasteiger charge is 2.31. The number of ether oxygens (including phenoxy) is 1. The maximum Gasteiger partial charge on any atom is 0.244 e. The van der Waals surface area contributed by atoms with Crippen molar-refractivity contribution in [2.24, 2.45) is 0 Å². The molecule has 1 aliphatic rings. The predicted molar refractivity (Wildman–Crippen MR) is 114 cm³/mol. The van der Waals surface area contributed by atoms with Crippen molar-refractivity contribution in [3.8, 4) is 5.88 Å². The van der Waals surface area contributed by atoms with Gasteiger partial charge in [0.15, 0.2) is 0 Å². The number of piperidine rings is 1. The largest absolute Gasteiger partial charge is 0.478 e. The van der Waals surface area contributed by atoms with E-state index in [-0.39, 0.29) is 17.4 Å². The van der Waals surface area contributed by atoms with Crippen LogP contribution in [0.5, 0.6) is 5.88 Å². The zero-order valence-electron chi connectivity index (χ0n) is 17.3. The minimum absolute atomic E-state index is 0.173. The van der Waals surface area contributed by atoms with E-state index in [0.717, 1.165) is 16.6 Å². The van der Waals surface area contributed by atoms with E-state index in [1.54, 1.807) is 18.3 Å². The molecule has 31 heavy (non-hydrogen) atoms. The molecule has 4 heterocycles. The number of hydrogen-bond acceptors (Lipinski definition) is 7. The molecule has 0 saturated carbocycles. The first kappa shape index (κ1) is 21.7. The van der Waals surface area contributed by atoms with Gasteiger partial charge in [-0.1, -0.05) is 0 Å². The molecule has 0 atom stereocenters. The van der Waals surface area contributed by atoms with Crippen molar-refractivity contribution in [3.63, 3.8) is 0 Å². The summed E-state index contributed by atoms with van der Waals surface area (Å²) in [7, 11) is -3.60. The van der Waals surface area contributed by atoms with Crippen LogP contribution in [0.2, 0.25) is 0 Å². The molecule has 4 rings (SSSR count). The lowest BCUT2D eigenvalue weighted by molar-refractivity contribution is -0.243. The van der Waals surface area contributed by atoms with Crippen LogP contribution in [-0.4, -0.2) is 58.8 Å². The van der Waals surface area contributed by atoms with Gasteiger partial charge < -0.3 is 9.30 Å². The molecule has 1 fully saturated rings. The van der Waals surface area contributed by atoms with Crippen LogP contribution in [-0.2, 0) is 21.5 Å². The van der Waals surface area contributed by atoms with Gasteiger partial charge >= 0.3 is 0 Å². The van der Waals surface area contributed by atoms with E-state index in [9.17, 15) is 8.42 Å². The van der Waals surface area contributed by atoms with Gasteiger partial charge in [-0.3, -0.25) is 5.26 Å². The molecule has 1 aliphatic heterocycles. The highest BCUT2D eigenvalue weighted by molar-refractivity contribution is 7.89. The molecule has 3 aromatic rings. The molecule has 0 bridgehead atoms. The summed E-state index contributed by atoms with van der Waals surface area (Å²) >= 11 is 0. The van der Waals surface area contributed by atoms with Gasteiger partial charge in [0.1, 0.15) is 10.5 Å². The average Bonchev–Trinajstić information content (AvgIpc) is 3.17. The fraction of sp³-hybridized carbons (Fsp3) is 0.429. The van der Waals surface area contributed by atoms with Crippen molar-refractivity contribution in [2.75, 3.05) is 26.3 Å². The summed E-state index contributed by atoms with van der Waals surface area (Å²) < 4.78 is 34.8. The molecule has 0 radical (unpaired) electrons. The second-order valence-electron chi connectivity index (χ2n) is 7.43. The van der Waals surface area contributed by atoms with Crippen molar-refractivity contribution < 1.29 is 23.3 Å². The maximum absolute atomic E-state index is 13.0. The Morgan fingerprint density at radius 3 is 2.68 bits per heavy atom. The number of nitrogens with zero attached hydrogens (tertiary/aromatic N) is 4. The summed E-state index contributed by atoms with van der Waals surface area (Å²) in [6, 6.07) is 7.06. The van der Waals surface area contributed by atoms with Crippen molar-refractivity contribution >= 4 is 21.1 Å². The van der Waals surface area contributed by atoms with E-state index < -0.39 is 10.0 Å². The molecular weight excluding hydrogens is 420 g/mol. The number of pyridine rings is 2. The van der Waals surface area contributed by atoms with E-state index in [0.29, 0.717) is 45.0 Å². The molecular formula is C21H26N4O5S. The summed E-state index contributed by atoms with van der Waals surface area (Å²) in [6.07, 6.45) is 6.57. The Kier molecular flexibility index (Phi) is 6.51. The number of aromatic nitrogens is 3. The van der Waals surface area contributed by atoms with E-state index >= 15 is 0 Å². The van der Waals surface area contributed by atoms with Crippen LogP contribution in [0.3, 0.4) is 0 Å². The van der Waals surface area contributed by atoms with Gasteiger partial charge in [-0.2, -0.15) is 4.31 Å². The summed E-state index contributed by atoms with van der Waals surface area (Å²) in [4.78, 5) is 13.0. The van der Waals surface area contributed by atoms with Gasteiger partial charge in [0.05, 0.1) is 26.0 Å². The smallest absolute Gasteiger partial charge is 0.244 e. The van der Waals surface area contributed by atoms with Crippen LogP contribution in [0.1, 0.15) is 31.2 Å². The first-order valence-electron chi connectivity index (χ1n) is 10.3. The average molecular weight is 447 g/mol. The van der Waals surface area contributed by atoms with E-state index in [1.807, 2.05) is 29.8 Å². The summed E-state index contributed by atoms with van der Waals surface area (Å²) in [5, 5.41) is 9.74. The predicted octanol–water partition coefficient (Wildman–Crippen LogP) is 2.89. The molecule has 0 aliphatic carbocycles. The molecule has 0 spiro atoms. The monoisotopic (exact) mass is 446 g/mol. The standard InChI is InChI=1S/C21H26N4O5S/c1-2-29-20-6-5-17(14-23-20)31(27,28)25-10-7-16(8-11-25)19-15-24(12-13-30-26)21-18(19)4-3-9-22-21/h3-6,9,14-16,26H,2,7-8,10-13H2,1H3. The quantitative estimate of drug-likeness (QED) is 0.419. The molecule has 10 heteroatoms. The van der Waals surface area contributed by atoms with E-state index in [2.05, 4.69) is 14.9 Å². The lowest BCUT2D eigenvalue weighted by atomic mass is 9.90. The number of hydrogen-bond donors (Lipinski definition) is 1. The third kappa shape index (κ3) is 4.42. The van der Waals surface area contributed by atoms with Crippen LogP contribution >= 0.6 is 0 Å². The van der Waals surface area contributed by atoms with Gasteiger partial charge in [0.25, 0.3) is 0 Å². The van der Waals surface area contributed by atoms with Crippen molar-refractivity contribution in [1.82, 2.24) is 18.8 Å². The molecule has 0 unspecified atom stereocenters. The van der Waals surface area contributed by atoms with Crippen LogP contribution in [0.4, 0.5) is 0 Å². The number of rotatable bonds is 8. The molecule has 0 aromatic carbocycles. The minimum Gasteiger partial charge on any atom is -0.478 e. The molecule has 3 aromatic heterocycles. The van der Waals surface area contributed by atoms with Crippen LogP contribution in [0, 0.1) is 0 Å². The molecule has 1 N–H and O–H groups in total. The summed E-state index contributed by atoms with van der Waals surface area (Å²) in [6.45, 7) is 3.87. The van der Waals surface area contributed by atoms with E-state index in [4.69, 9.17) is 9.99 Å². The molecule has 9 nitrogen and oxygen atoms in total. The molecule has 0 amide bonds.